The molecule has 0 fully saturated rings. The molecule has 0 aliphatic rings. The number of carbonyl (C=O) groups is 2. The number of ether oxygens (including phenoxy) is 2. The molecule has 0 rings (SSSR count). The lowest BCUT2D eigenvalue weighted by Gasteiger charge is -2.18. The average molecular weight is 705 g/mol. The van der Waals surface area contributed by atoms with Crippen molar-refractivity contribution < 1.29 is 37.9 Å². The first kappa shape index (κ1) is 46.2. The third kappa shape index (κ3) is 37.9. The molecule has 0 unspecified atom stereocenters. The third-order valence-electron chi connectivity index (χ3n) is 7.15. The van der Waals surface area contributed by atoms with E-state index < -0.39 is 32.5 Å². The monoisotopic (exact) mass is 704 g/mol. The Kier molecular flexibility index (Phi) is 33.1. The minimum atomic E-state index is -4.77. The fourth-order valence-corrected chi connectivity index (χ4v) is 4.78. The van der Waals surface area contributed by atoms with Crippen LogP contribution in [0.4, 0.5) is 0 Å². The molecule has 0 aliphatic carbocycles. The molecule has 8 nitrogen and oxygen atoms in total. The molecule has 0 radical (unpaired) electrons. The number of esters is 2. The zero-order chi connectivity index (χ0) is 36.1. The Labute approximate surface area is 297 Å². The zero-order valence-electron chi connectivity index (χ0n) is 30.3. The van der Waals surface area contributed by atoms with Gasteiger partial charge in [-0.2, -0.15) is 0 Å². The Morgan fingerprint density at radius 1 is 0.551 bits per heavy atom. The molecule has 0 heterocycles. The number of rotatable bonds is 32. The molecule has 0 aromatic carbocycles. The summed E-state index contributed by atoms with van der Waals surface area (Å²) in [7, 11) is -4.77. The number of unbranched alkanes of at least 4 members (excludes halogenated alkanes) is 8. The maximum absolute atomic E-state index is 12.3. The number of phosphoric acid groups is 1. The van der Waals surface area contributed by atoms with Gasteiger partial charge in [0.1, 0.15) is 6.61 Å². The van der Waals surface area contributed by atoms with Crippen molar-refractivity contribution in [1.29, 1.82) is 0 Å². The van der Waals surface area contributed by atoms with E-state index in [0.717, 1.165) is 77.0 Å². The van der Waals surface area contributed by atoms with Gasteiger partial charge in [0, 0.05) is 12.8 Å². The van der Waals surface area contributed by atoms with E-state index in [2.05, 4.69) is 91.3 Å². The Bertz CT molecular complexity index is 1060. The molecular formula is C40H65O8P. The molecule has 278 valence electrons. The van der Waals surface area contributed by atoms with Gasteiger partial charge in [0.2, 0.25) is 0 Å². The molecule has 0 saturated carbocycles. The molecule has 1 atom stereocenters. The molecule has 0 bridgehead atoms. The van der Waals surface area contributed by atoms with E-state index in [1.165, 1.54) is 12.8 Å². The zero-order valence-corrected chi connectivity index (χ0v) is 31.2. The third-order valence-corrected chi connectivity index (χ3v) is 7.63. The quantitative estimate of drug-likeness (QED) is 0.0307. The fraction of sp³-hybridized carbons (Fsp3) is 0.600. The lowest BCUT2D eigenvalue weighted by molar-refractivity contribution is -0.161. The molecule has 0 aliphatic heterocycles. The second-order valence-corrected chi connectivity index (χ2v) is 13.0. The maximum Gasteiger partial charge on any atom is 0.469 e. The van der Waals surface area contributed by atoms with Crippen molar-refractivity contribution in [3.63, 3.8) is 0 Å². The van der Waals surface area contributed by atoms with Crippen LogP contribution in [0.15, 0.2) is 85.1 Å². The van der Waals surface area contributed by atoms with Crippen LogP contribution >= 0.6 is 7.82 Å². The molecule has 0 saturated heterocycles. The average Bonchev–Trinajstić information content (AvgIpc) is 3.07. The van der Waals surface area contributed by atoms with Crippen LogP contribution in [-0.4, -0.2) is 41.0 Å². The fourth-order valence-electron chi connectivity index (χ4n) is 4.42. The van der Waals surface area contributed by atoms with Crippen LogP contribution in [-0.2, 0) is 28.2 Å². The van der Waals surface area contributed by atoms with E-state index in [1.807, 2.05) is 12.2 Å². The van der Waals surface area contributed by atoms with Gasteiger partial charge >= 0.3 is 19.8 Å². The minimum absolute atomic E-state index is 0.126. The molecule has 9 heteroatoms. The molecule has 49 heavy (non-hydrogen) atoms. The van der Waals surface area contributed by atoms with E-state index in [4.69, 9.17) is 19.3 Å². The van der Waals surface area contributed by atoms with Crippen molar-refractivity contribution in [2.45, 2.75) is 142 Å². The summed E-state index contributed by atoms with van der Waals surface area (Å²) in [6.45, 7) is 3.44. The van der Waals surface area contributed by atoms with Gasteiger partial charge < -0.3 is 19.3 Å². The second-order valence-electron chi connectivity index (χ2n) is 11.8. The number of phosphoric ester groups is 1. The first-order valence-electron chi connectivity index (χ1n) is 18.4. The Balaban J connectivity index is 4.14. The van der Waals surface area contributed by atoms with Crippen molar-refractivity contribution in [1.82, 2.24) is 0 Å². The Morgan fingerprint density at radius 2 is 1.00 bits per heavy atom. The van der Waals surface area contributed by atoms with Crippen LogP contribution in [0.2, 0.25) is 0 Å². The van der Waals surface area contributed by atoms with Gasteiger partial charge in [-0.05, 0) is 77.0 Å². The van der Waals surface area contributed by atoms with Crippen molar-refractivity contribution in [2.75, 3.05) is 13.2 Å². The molecule has 0 aromatic heterocycles. The maximum atomic E-state index is 12.3. The van der Waals surface area contributed by atoms with Crippen molar-refractivity contribution in [3.8, 4) is 0 Å². The highest BCUT2D eigenvalue weighted by Gasteiger charge is 2.22. The highest BCUT2D eigenvalue weighted by Crippen LogP contribution is 2.35. The Morgan fingerprint density at radius 3 is 1.53 bits per heavy atom. The van der Waals surface area contributed by atoms with Gasteiger partial charge in [-0.3, -0.25) is 14.1 Å². The summed E-state index contributed by atoms with van der Waals surface area (Å²) < 4.78 is 26.2. The van der Waals surface area contributed by atoms with Crippen LogP contribution in [0.1, 0.15) is 136 Å². The topological polar surface area (TPSA) is 119 Å². The molecular weight excluding hydrogens is 639 g/mol. The van der Waals surface area contributed by atoms with Gasteiger partial charge in [-0.15, -0.1) is 0 Å². The van der Waals surface area contributed by atoms with E-state index in [9.17, 15) is 14.2 Å². The summed E-state index contributed by atoms with van der Waals surface area (Å²) >= 11 is 0. The van der Waals surface area contributed by atoms with Crippen LogP contribution < -0.4 is 0 Å². The van der Waals surface area contributed by atoms with Crippen LogP contribution in [0.25, 0.3) is 0 Å². The van der Waals surface area contributed by atoms with E-state index in [1.54, 1.807) is 0 Å². The Hall–Kier alpha value is -2.77. The smallest absolute Gasteiger partial charge is 0.462 e. The van der Waals surface area contributed by atoms with Gasteiger partial charge in [-0.1, -0.05) is 131 Å². The normalized spacial score (nSPS) is 13.5. The number of hydrogen-bond acceptors (Lipinski definition) is 6. The van der Waals surface area contributed by atoms with Crippen molar-refractivity contribution in [3.05, 3.63) is 85.1 Å². The number of hydrogen-bond donors (Lipinski definition) is 2. The standard InChI is InChI=1S/C40H65O8P/c1-3-5-7-9-11-13-15-17-19-20-21-23-25-27-29-31-33-35-40(42)48-38(37-47-49(43,44)45)36-46-39(41)34-32-30-28-26-24-22-18-16-14-12-10-8-6-4-2/h5,7,10-13,16-19,21,23,27,29,38H,3-4,6,8-9,14-15,20,22,24-26,28,30-37H2,1-2H3,(H2,43,44,45)/b7-5-,12-10-,13-11-,18-16-,19-17-,23-21-,29-27-/t38-/m1/s1. The predicted octanol–water partition coefficient (Wildman–Crippen LogP) is 10.9. The van der Waals surface area contributed by atoms with E-state index >= 15 is 0 Å². The largest absolute Gasteiger partial charge is 0.469 e. The highest BCUT2D eigenvalue weighted by atomic mass is 31.2. The van der Waals surface area contributed by atoms with Gasteiger partial charge in [0.25, 0.3) is 0 Å². The lowest BCUT2D eigenvalue weighted by atomic mass is 10.1. The molecule has 0 amide bonds. The van der Waals surface area contributed by atoms with Gasteiger partial charge in [-0.25, -0.2) is 4.57 Å². The molecule has 2 N–H and O–H groups in total. The SMILES string of the molecule is CC/C=C\C/C=C\C/C=C\C/C=C\C/C=C\CCCC(=O)O[C@H](COC(=O)CCCCCCC/C=C\C/C=C\CCCC)COP(=O)(O)O. The first-order chi connectivity index (χ1) is 23.8. The summed E-state index contributed by atoms with van der Waals surface area (Å²) in [4.78, 5) is 42.6. The van der Waals surface area contributed by atoms with Crippen LogP contribution in [0, 0.1) is 0 Å². The summed E-state index contributed by atoms with van der Waals surface area (Å²) in [5, 5.41) is 0. The number of carbonyl (C=O) groups excluding carboxylic acids is 2. The second kappa shape index (κ2) is 35.1. The van der Waals surface area contributed by atoms with E-state index in [-0.39, 0.29) is 19.4 Å². The predicted molar refractivity (Wildman–Crippen MR) is 202 cm³/mol. The summed E-state index contributed by atoms with van der Waals surface area (Å²) in [5.41, 5.74) is 0. The van der Waals surface area contributed by atoms with Gasteiger partial charge in [0.15, 0.2) is 6.10 Å². The van der Waals surface area contributed by atoms with Crippen LogP contribution in [0.3, 0.4) is 0 Å². The summed E-state index contributed by atoms with van der Waals surface area (Å²) in [6, 6.07) is 0. The van der Waals surface area contributed by atoms with E-state index in [0.29, 0.717) is 19.3 Å². The van der Waals surface area contributed by atoms with Gasteiger partial charge in [0.05, 0.1) is 6.61 Å². The van der Waals surface area contributed by atoms with Crippen LogP contribution in [0.5, 0.6) is 0 Å². The first-order valence-corrected chi connectivity index (χ1v) is 19.9. The lowest BCUT2D eigenvalue weighted by Crippen LogP contribution is -2.29. The summed E-state index contributed by atoms with van der Waals surface area (Å²) in [6.07, 6.45) is 45.9. The number of allylic oxidation sites excluding steroid dienone is 14. The summed E-state index contributed by atoms with van der Waals surface area (Å²) in [5.74, 6) is -0.980. The van der Waals surface area contributed by atoms with Crippen molar-refractivity contribution >= 4 is 19.8 Å². The highest BCUT2D eigenvalue weighted by molar-refractivity contribution is 7.46. The van der Waals surface area contributed by atoms with Crippen molar-refractivity contribution in [2.24, 2.45) is 0 Å². The molecule has 0 aromatic rings. The minimum Gasteiger partial charge on any atom is -0.462 e. The molecule has 0 spiro atoms.